The standard InChI is InChI=1S/C32H31N/c1-22-7-3-5-9-31(22)33(32-10-6-4-8-23(32)2)28-18-15-24(16-19-28)27-17-20-29-25-11-13-26(14-12-25)30(29)21-27/h3-10,15-21,25-26H,11-14H2,1-2H3. The second-order valence-electron chi connectivity index (χ2n) is 9.85. The van der Waals surface area contributed by atoms with Crippen molar-refractivity contribution >= 4 is 17.1 Å². The summed E-state index contributed by atoms with van der Waals surface area (Å²) >= 11 is 0. The van der Waals surface area contributed by atoms with Crippen molar-refractivity contribution in [3.8, 4) is 11.1 Å². The van der Waals surface area contributed by atoms with E-state index in [9.17, 15) is 0 Å². The van der Waals surface area contributed by atoms with Crippen LogP contribution in [0.2, 0.25) is 0 Å². The van der Waals surface area contributed by atoms with E-state index in [4.69, 9.17) is 0 Å². The van der Waals surface area contributed by atoms with Gasteiger partial charge in [-0.05, 0) is 109 Å². The maximum atomic E-state index is 2.49. The van der Waals surface area contributed by atoms with Gasteiger partial charge in [-0.15, -0.1) is 0 Å². The summed E-state index contributed by atoms with van der Waals surface area (Å²) < 4.78 is 0. The molecule has 0 aliphatic heterocycles. The smallest absolute Gasteiger partial charge is 0.0490 e. The molecule has 2 bridgehead atoms. The van der Waals surface area contributed by atoms with E-state index in [0.29, 0.717) is 0 Å². The van der Waals surface area contributed by atoms with Crippen LogP contribution in [-0.4, -0.2) is 0 Å². The highest BCUT2D eigenvalue weighted by molar-refractivity contribution is 5.81. The molecule has 0 spiro atoms. The molecule has 7 rings (SSSR count). The summed E-state index contributed by atoms with van der Waals surface area (Å²) in [5.41, 5.74) is 12.1. The van der Waals surface area contributed by atoms with E-state index in [1.54, 1.807) is 11.1 Å². The first kappa shape index (κ1) is 20.3. The van der Waals surface area contributed by atoms with E-state index in [-0.39, 0.29) is 0 Å². The van der Waals surface area contributed by atoms with Crippen LogP contribution < -0.4 is 4.90 Å². The lowest BCUT2D eigenvalue weighted by Crippen LogP contribution is -2.21. The fourth-order valence-electron chi connectivity index (χ4n) is 6.03. The number of anilines is 3. The zero-order chi connectivity index (χ0) is 22.4. The third kappa shape index (κ3) is 3.56. The topological polar surface area (TPSA) is 3.24 Å². The Morgan fingerprint density at radius 2 is 1.06 bits per heavy atom. The van der Waals surface area contributed by atoms with E-state index < -0.39 is 0 Å². The SMILES string of the molecule is Cc1ccccc1N(c1ccc(-c2ccc3c(c2)C2CCC3CC2)cc1)c1ccccc1C. The van der Waals surface area contributed by atoms with Gasteiger partial charge in [0.2, 0.25) is 0 Å². The minimum Gasteiger partial charge on any atom is -0.310 e. The van der Waals surface area contributed by atoms with Crippen molar-refractivity contribution in [2.24, 2.45) is 0 Å². The first-order valence-corrected chi connectivity index (χ1v) is 12.3. The summed E-state index contributed by atoms with van der Waals surface area (Å²) in [6, 6.07) is 33.7. The first-order valence-electron chi connectivity index (χ1n) is 12.3. The largest absolute Gasteiger partial charge is 0.310 e. The predicted octanol–water partition coefficient (Wildman–Crippen LogP) is 9.20. The lowest BCUT2D eigenvalue weighted by atomic mass is 9.66. The van der Waals surface area contributed by atoms with E-state index in [1.807, 2.05) is 0 Å². The molecule has 164 valence electrons. The van der Waals surface area contributed by atoms with Gasteiger partial charge in [-0.1, -0.05) is 66.7 Å². The Kier molecular flexibility index (Phi) is 5.06. The molecule has 0 amide bonds. The number of nitrogens with zero attached hydrogens (tertiary/aromatic N) is 1. The van der Waals surface area contributed by atoms with Crippen molar-refractivity contribution in [2.45, 2.75) is 51.4 Å². The van der Waals surface area contributed by atoms with Crippen molar-refractivity contribution < 1.29 is 0 Å². The predicted molar refractivity (Wildman–Crippen MR) is 140 cm³/mol. The summed E-state index contributed by atoms with van der Waals surface area (Å²) in [5.74, 6) is 1.58. The van der Waals surface area contributed by atoms with Crippen LogP contribution >= 0.6 is 0 Å². The molecule has 1 nitrogen and oxygen atoms in total. The van der Waals surface area contributed by atoms with Crippen molar-refractivity contribution in [3.63, 3.8) is 0 Å². The van der Waals surface area contributed by atoms with Crippen LogP contribution in [0.25, 0.3) is 11.1 Å². The molecule has 4 aromatic carbocycles. The molecule has 3 aliphatic carbocycles. The fraction of sp³-hybridized carbons (Fsp3) is 0.250. The second-order valence-corrected chi connectivity index (χ2v) is 9.85. The highest BCUT2D eigenvalue weighted by Gasteiger charge is 2.32. The number of para-hydroxylation sites is 2. The summed E-state index contributed by atoms with van der Waals surface area (Å²) in [4.78, 5) is 2.39. The normalized spacial score (nSPS) is 18.7. The lowest BCUT2D eigenvalue weighted by Gasteiger charge is -2.38. The Balaban J connectivity index is 1.40. The molecular weight excluding hydrogens is 398 g/mol. The monoisotopic (exact) mass is 429 g/mol. The summed E-state index contributed by atoms with van der Waals surface area (Å²) in [5, 5.41) is 0. The van der Waals surface area contributed by atoms with E-state index in [0.717, 1.165) is 11.8 Å². The number of rotatable bonds is 4. The van der Waals surface area contributed by atoms with Gasteiger partial charge in [-0.25, -0.2) is 0 Å². The van der Waals surface area contributed by atoms with Gasteiger partial charge < -0.3 is 4.90 Å². The highest BCUT2D eigenvalue weighted by atomic mass is 15.1. The molecule has 0 N–H and O–H groups in total. The molecule has 3 aliphatic rings. The maximum absolute atomic E-state index is 2.49. The second kappa shape index (κ2) is 8.23. The van der Waals surface area contributed by atoms with Crippen molar-refractivity contribution in [2.75, 3.05) is 4.90 Å². The molecule has 33 heavy (non-hydrogen) atoms. The van der Waals surface area contributed by atoms with Crippen LogP contribution in [0.1, 0.15) is 59.8 Å². The Morgan fingerprint density at radius 3 is 1.64 bits per heavy atom. The Hall–Kier alpha value is -3.32. The molecule has 0 atom stereocenters. The van der Waals surface area contributed by atoms with Crippen LogP contribution in [0.15, 0.2) is 91.0 Å². The zero-order valence-electron chi connectivity index (χ0n) is 19.6. The lowest BCUT2D eigenvalue weighted by molar-refractivity contribution is 0.359. The van der Waals surface area contributed by atoms with Crippen LogP contribution in [0.3, 0.4) is 0 Å². The zero-order valence-corrected chi connectivity index (χ0v) is 19.6. The van der Waals surface area contributed by atoms with Gasteiger partial charge >= 0.3 is 0 Å². The minimum absolute atomic E-state index is 0.779. The third-order valence-corrected chi connectivity index (χ3v) is 7.87. The molecule has 0 unspecified atom stereocenters. The quantitative estimate of drug-likeness (QED) is 0.312. The third-order valence-electron chi connectivity index (χ3n) is 7.87. The number of aryl methyl sites for hydroxylation is 2. The minimum atomic E-state index is 0.779. The first-order chi connectivity index (χ1) is 16.2. The average molecular weight is 430 g/mol. The van der Waals surface area contributed by atoms with Crippen LogP contribution in [0, 0.1) is 13.8 Å². The van der Waals surface area contributed by atoms with Crippen LogP contribution in [0.5, 0.6) is 0 Å². The number of hydrogen-bond acceptors (Lipinski definition) is 1. The van der Waals surface area contributed by atoms with E-state index >= 15 is 0 Å². The van der Waals surface area contributed by atoms with Crippen molar-refractivity contribution in [1.82, 2.24) is 0 Å². The summed E-state index contributed by atoms with van der Waals surface area (Å²) in [6.07, 6.45) is 5.53. The van der Waals surface area contributed by atoms with Crippen LogP contribution in [-0.2, 0) is 0 Å². The van der Waals surface area contributed by atoms with Crippen molar-refractivity contribution in [3.05, 3.63) is 113 Å². The van der Waals surface area contributed by atoms with E-state index in [1.165, 1.54) is 65.0 Å². The maximum Gasteiger partial charge on any atom is 0.0490 e. The average Bonchev–Trinajstić information content (AvgIpc) is 2.87. The van der Waals surface area contributed by atoms with E-state index in [2.05, 4.69) is 110 Å². The highest BCUT2D eigenvalue weighted by Crippen LogP contribution is 2.50. The molecule has 1 heteroatoms. The number of fused-ring (bicyclic) bond motifs is 2. The molecule has 0 saturated heterocycles. The molecule has 0 heterocycles. The Labute approximate surface area is 197 Å². The Morgan fingerprint density at radius 1 is 0.545 bits per heavy atom. The molecule has 1 fully saturated rings. The van der Waals surface area contributed by atoms with Gasteiger partial charge in [0.05, 0.1) is 0 Å². The summed E-state index contributed by atoms with van der Waals surface area (Å²) in [7, 11) is 0. The van der Waals surface area contributed by atoms with Gasteiger partial charge in [0.15, 0.2) is 0 Å². The summed E-state index contributed by atoms with van der Waals surface area (Å²) in [6.45, 7) is 4.38. The molecule has 1 saturated carbocycles. The number of benzene rings is 4. The van der Waals surface area contributed by atoms with Gasteiger partial charge in [-0.2, -0.15) is 0 Å². The fourth-order valence-corrected chi connectivity index (χ4v) is 6.03. The molecule has 0 aromatic heterocycles. The Bertz CT molecular complexity index is 1250. The molecular formula is C32H31N. The van der Waals surface area contributed by atoms with Gasteiger partial charge in [0, 0.05) is 17.1 Å². The van der Waals surface area contributed by atoms with Gasteiger partial charge in [-0.3, -0.25) is 0 Å². The number of hydrogen-bond donors (Lipinski definition) is 0. The molecule has 4 aromatic rings. The van der Waals surface area contributed by atoms with Gasteiger partial charge in [0.25, 0.3) is 0 Å². The van der Waals surface area contributed by atoms with Gasteiger partial charge in [0.1, 0.15) is 0 Å². The van der Waals surface area contributed by atoms with Crippen molar-refractivity contribution in [1.29, 1.82) is 0 Å². The van der Waals surface area contributed by atoms with Crippen LogP contribution in [0.4, 0.5) is 17.1 Å². The molecule has 0 radical (unpaired) electrons.